The van der Waals surface area contributed by atoms with Crippen molar-refractivity contribution in [3.63, 3.8) is 0 Å². The number of hydrogen-bond acceptors (Lipinski definition) is 4. The van der Waals surface area contributed by atoms with Crippen molar-refractivity contribution in [2.45, 2.75) is 105 Å². The van der Waals surface area contributed by atoms with Crippen LogP contribution in [0.15, 0.2) is 42.5 Å². The highest BCUT2D eigenvalue weighted by molar-refractivity contribution is 5.99. The number of benzene rings is 2. The molecule has 0 aliphatic rings. The smallest absolute Gasteiger partial charge is 0.408 e. The fraction of sp³-hybridized carbons (Fsp3) is 0.531. The maximum absolute atomic E-state index is 14.0. The standard InChI is InChI=1S/C32H47N3O4/c1-9-10-11-12-13-20-35(30(37)25(5)33-31(38)39-32(6,7)8)28(26-19-14-16-22(2)21-26)29(36)34-27-23(3)17-15-18-24(27)4/h14-19,21,25,28H,9-13,20H2,1-8H3,(H,33,38)(H,34,36). The average Bonchev–Trinajstić information content (AvgIpc) is 2.83. The Morgan fingerprint density at radius 1 is 0.923 bits per heavy atom. The molecule has 214 valence electrons. The van der Waals surface area contributed by atoms with Crippen LogP contribution in [-0.2, 0) is 14.3 Å². The Balaban J connectivity index is 2.46. The lowest BCUT2D eigenvalue weighted by Gasteiger charge is -2.34. The molecule has 0 fully saturated rings. The number of nitrogens with zero attached hydrogens (tertiary/aromatic N) is 1. The van der Waals surface area contributed by atoms with E-state index in [1.807, 2.05) is 63.2 Å². The molecule has 0 aromatic heterocycles. The zero-order valence-electron chi connectivity index (χ0n) is 25.0. The lowest BCUT2D eigenvalue weighted by molar-refractivity contribution is -0.140. The van der Waals surface area contributed by atoms with Crippen LogP contribution in [0, 0.1) is 20.8 Å². The number of anilines is 1. The summed E-state index contributed by atoms with van der Waals surface area (Å²) in [7, 11) is 0. The van der Waals surface area contributed by atoms with Crippen molar-refractivity contribution in [2.24, 2.45) is 0 Å². The largest absolute Gasteiger partial charge is 0.444 e. The minimum absolute atomic E-state index is 0.288. The number of carbonyl (C=O) groups is 3. The topological polar surface area (TPSA) is 87.7 Å². The molecule has 0 heterocycles. The summed E-state index contributed by atoms with van der Waals surface area (Å²) in [6, 6.07) is 11.8. The number of amides is 3. The summed E-state index contributed by atoms with van der Waals surface area (Å²) in [5, 5.41) is 5.78. The minimum atomic E-state index is -0.879. The van der Waals surface area contributed by atoms with Crippen LogP contribution in [0.25, 0.3) is 0 Å². The Morgan fingerprint density at radius 2 is 1.54 bits per heavy atom. The number of para-hydroxylation sites is 1. The minimum Gasteiger partial charge on any atom is -0.444 e. The summed E-state index contributed by atoms with van der Waals surface area (Å²) in [6.45, 7) is 15.4. The van der Waals surface area contributed by atoms with Gasteiger partial charge in [-0.05, 0) is 71.6 Å². The monoisotopic (exact) mass is 537 g/mol. The number of unbranched alkanes of at least 4 members (excludes halogenated alkanes) is 4. The van der Waals surface area contributed by atoms with Gasteiger partial charge >= 0.3 is 6.09 Å². The number of ether oxygens (including phenoxy) is 1. The molecule has 0 aliphatic heterocycles. The van der Waals surface area contributed by atoms with Crippen molar-refractivity contribution in [2.75, 3.05) is 11.9 Å². The molecule has 7 heteroatoms. The number of rotatable bonds is 12. The van der Waals surface area contributed by atoms with E-state index in [9.17, 15) is 14.4 Å². The molecule has 7 nitrogen and oxygen atoms in total. The summed E-state index contributed by atoms with van der Waals surface area (Å²) in [4.78, 5) is 42.1. The summed E-state index contributed by atoms with van der Waals surface area (Å²) >= 11 is 0. The van der Waals surface area contributed by atoms with E-state index in [0.29, 0.717) is 6.54 Å². The van der Waals surface area contributed by atoms with Gasteiger partial charge in [0.15, 0.2) is 0 Å². The molecule has 0 saturated carbocycles. The van der Waals surface area contributed by atoms with Crippen LogP contribution in [0.1, 0.15) is 95.0 Å². The van der Waals surface area contributed by atoms with Crippen LogP contribution < -0.4 is 10.6 Å². The van der Waals surface area contributed by atoms with E-state index in [-0.39, 0.29) is 11.8 Å². The average molecular weight is 538 g/mol. The number of aryl methyl sites for hydroxylation is 3. The highest BCUT2D eigenvalue weighted by atomic mass is 16.6. The molecule has 39 heavy (non-hydrogen) atoms. The first-order valence-corrected chi connectivity index (χ1v) is 14.1. The first-order valence-electron chi connectivity index (χ1n) is 14.1. The summed E-state index contributed by atoms with van der Waals surface area (Å²) in [5.41, 5.74) is 3.67. The van der Waals surface area contributed by atoms with E-state index in [1.54, 1.807) is 32.6 Å². The maximum atomic E-state index is 14.0. The molecule has 2 rings (SSSR count). The van der Waals surface area contributed by atoms with E-state index >= 15 is 0 Å². The van der Waals surface area contributed by atoms with Gasteiger partial charge in [0.25, 0.3) is 5.91 Å². The first-order chi connectivity index (χ1) is 18.3. The second-order valence-corrected chi connectivity index (χ2v) is 11.4. The molecule has 2 aromatic rings. The molecular weight excluding hydrogens is 490 g/mol. The molecule has 0 saturated heterocycles. The van der Waals surface area contributed by atoms with E-state index in [4.69, 9.17) is 4.74 Å². The van der Waals surface area contributed by atoms with Gasteiger partial charge in [-0.25, -0.2) is 4.79 Å². The molecule has 0 radical (unpaired) electrons. The molecule has 0 aliphatic carbocycles. The van der Waals surface area contributed by atoms with Crippen LogP contribution in [0.2, 0.25) is 0 Å². The van der Waals surface area contributed by atoms with Gasteiger partial charge in [-0.1, -0.05) is 80.6 Å². The van der Waals surface area contributed by atoms with E-state index in [1.165, 1.54) is 0 Å². The normalized spacial score (nSPS) is 12.8. The van der Waals surface area contributed by atoms with Gasteiger partial charge in [-0.15, -0.1) is 0 Å². The zero-order chi connectivity index (χ0) is 29.2. The predicted octanol–water partition coefficient (Wildman–Crippen LogP) is 7.00. The van der Waals surface area contributed by atoms with E-state index in [2.05, 4.69) is 17.6 Å². The van der Waals surface area contributed by atoms with E-state index < -0.39 is 23.8 Å². The molecular formula is C32H47N3O4. The Labute approximate surface area is 234 Å². The highest BCUT2D eigenvalue weighted by Crippen LogP contribution is 2.28. The third-order valence-corrected chi connectivity index (χ3v) is 6.54. The van der Waals surface area contributed by atoms with Crippen molar-refractivity contribution in [3.05, 3.63) is 64.7 Å². The highest BCUT2D eigenvalue weighted by Gasteiger charge is 2.35. The van der Waals surface area contributed by atoms with E-state index in [0.717, 1.165) is 60.0 Å². The second kappa shape index (κ2) is 14.7. The van der Waals surface area contributed by atoms with Crippen molar-refractivity contribution in [1.29, 1.82) is 0 Å². The molecule has 0 spiro atoms. The summed E-state index contributed by atoms with van der Waals surface area (Å²) < 4.78 is 5.38. The fourth-order valence-corrected chi connectivity index (χ4v) is 4.56. The van der Waals surface area contributed by atoms with Gasteiger partial charge in [-0.2, -0.15) is 0 Å². The first kappa shape index (κ1) is 31.9. The number of nitrogens with one attached hydrogen (secondary N) is 2. The lowest BCUT2D eigenvalue weighted by atomic mass is 9.99. The quantitative estimate of drug-likeness (QED) is 0.285. The molecule has 2 aromatic carbocycles. The van der Waals surface area contributed by atoms with Crippen LogP contribution in [0.4, 0.5) is 10.5 Å². The Morgan fingerprint density at radius 3 is 2.13 bits per heavy atom. The molecule has 2 unspecified atom stereocenters. The number of hydrogen-bond donors (Lipinski definition) is 2. The molecule has 3 amide bonds. The molecule has 2 N–H and O–H groups in total. The van der Waals surface area contributed by atoms with Gasteiger partial charge in [0.05, 0.1) is 0 Å². The third-order valence-electron chi connectivity index (χ3n) is 6.54. The van der Waals surface area contributed by atoms with Crippen molar-refractivity contribution in [1.82, 2.24) is 10.2 Å². The third kappa shape index (κ3) is 10.0. The van der Waals surface area contributed by atoms with Crippen molar-refractivity contribution >= 4 is 23.6 Å². The van der Waals surface area contributed by atoms with Gasteiger partial charge in [0.2, 0.25) is 5.91 Å². The van der Waals surface area contributed by atoms with Crippen molar-refractivity contribution in [3.8, 4) is 0 Å². The number of carbonyl (C=O) groups excluding carboxylic acids is 3. The van der Waals surface area contributed by atoms with Crippen LogP contribution in [-0.4, -0.2) is 41.0 Å². The zero-order valence-corrected chi connectivity index (χ0v) is 25.0. The molecule has 0 bridgehead atoms. The maximum Gasteiger partial charge on any atom is 0.408 e. The van der Waals surface area contributed by atoms with Crippen molar-refractivity contribution < 1.29 is 19.1 Å². The Hall–Kier alpha value is -3.35. The van der Waals surface area contributed by atoms with Crippen LogP contribution in [0.5, 0.6) is 0 Å². The summed E-state index contributed by atoms with van der Waals surface area (Å²) in [6.07, 6.45) is 4.34. The van der Waals surface area contributed by atoms with Gasteiger partial charge < -0.3 is 20.3 Å². The van der Waals surface area contributed by atoms with Gasteiger partial charge in [0, 0.05) is 12.2 Å². The fourth-order valence-electron chi connectivity index (χ4n) is 4.56. The predicted molar refractivity (Wildman–Crippen MR) is 158 cm³/mol. The Kier molecular flexibility index (Phi) is 12.0. The van der Waals surface area contributed by atoms with Crippen LogP contribution >= 0.6 is 0 Å². The lowest BCUT2D eigenvalue weighted by Crippen LogP contribution is -2.51. The van der Waals surface area contributed by atoms with Gasteiger partial charge in [0.1, 0.15) is 17.7 Å². The second-order valence-electron chi connectivity index (χ2n) is 11.4. The Bertz CT molecular complexity index is 1100. The summed E-state index contributed by atoms with van der Waals surface area (Å²) in [5.74, 6) is -0.621. The SMILES string of the molecule is CCCCCCCN(C(=O)C(C)NC(=O)OC(C)(C)C)C(C(=O)Nc1c(C)cccc1C)c1cccc(C)c1. The number of alkyl carbamates (subject to hydrolysis) is 1. The van der Waals surface area contributed by atoms with Crippen LogP contribution in [0.3, 0.4) is 0 Å². The van der Waals surface area contributed by atoms with Gasteiger partial charge in [-0.3, -0.25) is 9.59 Å². The molecule has 2 atom stereocenters.